The van der Waals surface area contributed by atoms with E-state index in [0.29, 0.717) is 35.3 Å². The first-order valence-corrected chi connectivity index (χ1v) is 9.12. The van der Waals surface area contributed by atoms with E-state index in [9.17, 15) is 14.4 Å². The Morgan fingerprint density at radius 2 is 1.93 bits per heavy atom. The number of cyclic esters (lactones) is 1. The van der Waals surface area contributed by atoms with E-state index in [2.05, 4.69) is 9.97 Å². The highest BCUT2D eigenvalue weighted by molar-refractivity contribution is 5.95. The van der Waals surface area contributed by atoms with Gasteiger partial charge in [-0.25, -0.2) is 9.78 Å². The maximum absolute atomic E-state index is 13.0. The summed E-state index contributed by atoms with van der Waals surface area (Å²) in [5.41, 5.74) is 1.62. The Labute approximate surface area is 161 Å². The number of nitrogens with zero attached hydrogens (tertiary/aromatic N) is 2. The van der Waals surface area contributed by atoms with Crippen molar-refractivity contribution in [2.45, 2.75) is 26.0 Å². The lowest BCUT2D eigenvalue weighted by atomic mass is 9.98. The van der Waals surface area contributed by atoms with Crippen LogP contribution in [0.4, 0.5) is 0 Å². The summed E-state index contributed by atoms with van der Waals surface area (Å²) in [4.78, 5) is 46.1. The second-order valence-corrected chi connectivity index (χ2v) is 6.64. The molecule has 142 valence electrons. The lowest BCUT2D eigenvalue weighted by molar-refractivity contribution is -0.141. The summed E-state index contributed by atoms with van der Waals surface area (Å²) < 4.78 is 5.37. The largest absolute Gasteiger partial charge is 0.448 e. The molecular formula is C21H19N3O4. The maximum Gasteiger partial charge on any atom is 0.339 e. The molecule has 7 heteroatoms. The second kappa shape index (κ2) is 7.26. The topological polar surface area (TPSA) is 92.4 Å². The van der Waals surface area contributed by atoms with Gasteiger partial charge in [0.2, 0.25) is 0 Å². The highest BCUT2D eigenvalue weighted by Crippen LogP contribution is 2.22. The molecule has 0 bridgehead atoms. The van der Waals surface area contributed by atoms with Gasteiger partial charge in [0.15, 0.2) is 6.10 Å². The number of H-pyrrole nitrogens is 1. The van der Waals surface area contributed by atoms with E-state index in [1.54, 1.807) is 36.4 Å². The zero-order chi connectivity index (χ0) is 19.7. The van der Waals surface area contributed by atoms with Crippen LogP contribution in [0.2, 0.25) is 0 Å². The minimum Gasteiger partial charge on any atom is -0.448 e. The van der Waals surface area contributed by atoms with Gasteiger partial charge in [-0.2, -0.15) is 0 Å². The monoisotopic (exact) mass is 377 g/mol. The number of ether oxygens (including phenoxy) is 1. The van der Waals surface area contributed by atoms with Crippen molar-refractivity contribution in [3.63, 3.8) is 0 Å². The van der Waals surface area contributed by atoms with Crippen LogP contribution in [-0.2, 0) is 22.5 Å². The molecule has 0 unspecified atom stereocenters. The number of aromatic amines is 1. The van der Waals surface area contributed by atoms with Crippen molar-refractivity contribution < 1.29 is 14.3 Å². The molecule has 7 nitrogen and oxygen atoms in total. The van der Waals surface area contributed by atoms with Crippen molar-refractivity contribution in [1.82, 2.24) is 14.9 Å². The third-order valence-corrected chi connectivity index (χ3v) is 4.86. The van der Waals surface area contributed by atoms with Crippen LogP contribution >= 0.6 is 0 Å². The zero-order valence-electron chi connectivity index (χ0n) is 15.3. The fourth-order valence-electron chi connectivity index (χ4n) is 3.41. The second-order valence-electron chi connectivity index (χ2n) is 6.64. The Morgan fingerprint density at radius 1 is 1.18 bits per heavy atom. The summed E-state index contributed by atoms with van der Waals surface area (Å²) in [7, 11) is 0. The number of aromatic nitrogens is 2. The summed E-state index contributed by atoms with van der Waals surface area (Å²) in [6.07, 6.45) is -0.548. The number of esters is 1. The highest BCUT2D eigenvalue weighted by Gasteiger charge is 2.33. The van der Waals surface area contributed by atoms with Crippen LogP contribution in [0, 0.1) is 0 Å². The van der Waals surface area contributed by atoms with E-state index in [1.807, 2.05) is 19.1 Å². The Hall–Kier alpha value is -3.48. The van der Waals surface area contributed by atoms with Crippen LogP contribution in [-0.4, -0.2) is 39.4 Å². The predicted octanol–water partition coefficient (Wildman–Crippen LogP) is 2.05. The van der Waals surface area contributed by atoms with E-state index >= 15 is 0 Å². The van der Waals surface area contributed by atoms with Crippen molar-refractivity contribution in [2.75, 3.05) is 6.54 Å². The molecule has 0 aliphatic carbocycles. The Morgan fingerprint density at radius 3 is 2.75 bits per heavy atom. The zero-order valence-corrected chi connectivity index (χ0v) is 15.3. The minimum atomic E-state index is -0.880. The molecular weight excluding hydrogens is 358 g/mol. The molecule has 1 aromatic heterocycles. The van der Waals surface area contributed by atoms with Gasteiger partial charge in [-0.05, 0) is 30.7 Å². The van der Waals surface area contributed by atoms with Gasteiger partial charge in [0.25, 0.3) is 11.5 Å². The number of benzene rings is 2. The van der Waals surface area contributed by atoms with Gasteiger partial charge < -0.3 is 14.6 Å². The third-order valence-electron chi connectivity index (χ3n) is 4.86. The highest BCUT2D eigenvalue weighted by atomic mass is 16.5. The number of amides is 1. The SMILES string of the molecule is CCN(Cc1nc2ccccc2c(=O)[nH]1)C(=O)[C@@H]1Cc2ccccc2C(=O)O1. The van der Waals surface area contributed by atoms with E-state index in [4.69, 9.17) is 4.74 Å². The van der Waals surface area contributed by atoms with E-state index < -0.39 is 12.1 Å². The third kappa shape index (κ3) is 3.26. The number of carbonyl (C=O) groups is 2. The van der Waals surface area contributed by atoms with Crippen molar-refractivity contribution in [3.05, 3.63) is 75.8 Å². The van der Waals surface area contributed by atoms with Gasteiger partial charge >= 0.3 is 5.97 Å². The molecule has 4 rings (SSSR count). The average molecular weight is 377 g/mol. The summed E-state index contributed by atoms with van der Waals surface area (Å²) in [6, 6.07) is 14.2. The first-order valence-electron chi connectivity index (χ1n) is 9.12. The summed E-state index contributed by atoms with van der Waals surface area (Å²) in [5.74, 6) is -0.406. The molecule has 1 N–H and O–H groups in total. The summed E-state index contributed by atoms with van der Waals surface area (Å²) in [5, 5.41) is 0.499. The van der Waals surface area contributed by atoms with Crippen LogP contribution in [0.15, 0.2) is 53.3 Å². The summed E-state index contributed by atoms with van der Waals surface area (Å²) in [6.45, 7) is 2.35. The molecule has 2 heterocycles. The lowest BCUT2D eigenvalue weighted by Crippen LogP contribution is -2.44. The molecule has 0 saturated heterocycles. The molecule has 1 aliphatic rings. The molecule has 2 aromatic carbocycles. The number of nitrogens with one attached hydrogen (secondary N) is 1. The van der Waals surface area contributed by atoms with Crippen molar-refractivity contribution in [2.24, 2.45) is 0 Å². The number of carbonyl (C=O) groups excluding carboxylic acids is 2. The average Bonchev–Trinajstić information content (AvgIpc) is 2.71. The quantitative estimate of drug-likeness (QED) is 0.703. The number of hydrogen-bond acceptors (Lipinski definition) is 5. The molecule has 1 atom stereocenters. The standard InChI is InChI=1S/C21H19N3O4/c1-2-24(12-18-22-16-10-6-5-9-15(16)19(25)23-18)20(26)17-11-13-7-3-4-8-14(13)21(27)28-17/h3-10,17H,2,11-12H2,1H3,(H,22,23,25)/t17-/m0/s1. The van der Waals surface area contributed by atoms with Crippen LogP contribution in [0.25, 0.3) is 10.9 Å². The predicted molar refractivity (Wildman–Crippen MR) is 103 cm³/mol. The van der Waals surface area contributed by atoms with Gasteiger partial charge in [0.1, 0.15) is 5.82 Å². The lowest BCUT2D eigenvalue weighted by Gasteiger charge is -2.29. The fraction of sp³-hybridized carbons (Fsp3) is 0.238. The molecule has 3 aromatic rings. The molecule has 0 radical (unpaired) electrons. The van der Waals surface area contributed by atoms with Crippen molar-refractivity contribution >= 4 is 22.8 Å². The van der Waals surface area contributed by atoms with Crippen LogP contribution in [0.3, 0.4) is 0 Å². The molecule has 0 saturated carbocycles. The maximum atomic E-state index is 13.0. The molecule has 28 heavy (non-hydrogen) atoms. The van der Waals surface area contributed by atoms with Gasteiger partial charge in [-0.1, -0.05) is 30.3 Å². The first-order chi connectivity index (χ1) is 13.6. The minimum absolute atomic E-state index is 0.130. The number of hydrogen-bond donors (Lipinski definition) is 1. The van der Waals surface area contributed by atoms with Crippen LogP contribution in [0.5, 0.6) is 0 Å². The number of fused-ring (bicyclic) bond motifs is 2. The Bertz CT molecular complexity index is 1120. The van der Waals surface area contributed by atoms with Crippen molar-refractivity contribution in [3.8, 4) is 0 Å². The number of likely N-dealkylation sites (N-methyl/N-ethyl adjacent to an activating group) is 1. The van der Waals surface area contributed by atoms with Gasteiger partial charge in [0, 0.05) is 13.0 Å². The van der Waals surface area contributed by atoms with Crippen molar-refractivity contribution in [1.29, 1.82) is 0 Å². The molecule has 0 fully saturated rings. The molecule has 1 amide bonds. The molecule has 0 spiro atoms. The number of para-hydroxylation sites is 1. The van der Waals surface area contributed by atoms with Crippen LogP contribution < -0.4 is 5.56 Å². The smallest absolute Gasteiger partial charge is 0.339 e. The summed E-state index contributed by atoms with van der Waals surface area (Å²) >= 11 is 0. The van der Waals surface area contributed by atoms with E-state index in [1.165, 1.54) is 4.90 Å². The first kappa shape index (κ1) is 17.9. The molecule has 1 aliphatic heterocycles. The van der Waals surface area contributed by atoms with E-state index in [0.717, 1.165) is 5.56 Å². The Kier molecular flexibility index (Phi) is 4.65. The van der Waals surface area contributed by atoms with Gasteiger partial charge in [0.05, 0.1) is 23.0 Å². The number of rotatable bonds is 4. The normalized spacial score (nSPS) is 15.8. The van der Waals surface area contributed by atoms with Gasteiger partial charge in [-0.15, -0.1) is 0 Å². The van der Waals surface area contributed by atoms with Gasteiger partial charge in [-0.3, -0.25) is 9.59 Å². The van der Waals surface area contributed by atoms with E-state index in [-0.39, 0.29) is 18.0 Å². The Balaban J connectivity index is 1.57. The van der Waals surface area contributed by atoms with Crippen LogP contribution in [0.1, 0.15) is 28.7 Å². The fourth-order valence-corrected chi connectivity index (χ4v) is 3.41.